The van der Waals surface area contributed by atoms with Crippen molar-refractivity contribution in [2.45, 2.75) is 25.2 Å². The molecule has 0 amide bonds. The highest BCUT2D eigenvalue weighted by atomic mass is 16.5. The summed E-state index contributed by atoms with van der Waals surface area (Å²) < 4.78 is 10.6. The average molecular weight is 270 g/mol. The number of hydrogen-bond donors (Lipinski definition) is 0. The van der Waals surface area contributed by atoms with E-state index in [2.05, 4.69) is 40.3 Å². The third-order valence-corrected chi connectivity index (χ3v) is 3.78. The molecular formula is C16H18N2O2. The fraction of sp³-hybridized carbons (Fsp3) is 0.375. The van der Waals surface area contributed by atoms with Crippen molar-refractivity contribution in [3.63, 3.8) is 0 Å². The first-order valence-corrected chi connectivity index (χ1v) is 6.85. The molecule has 0 aliphatic heterocycles. The summed E-state index contributed by atoms with van der Waals surface area (Å²) in [7, 11) is 3.22. The molecule has 0 saturated carbocycles. The highest BCUT2D eigenvalue weighted by Crippen LogP contribution is 2.41. The second-order valence-electron chi connectivity index (χ2n) is 4.91. The quantitative estimate of drug-likeness (QED) is 0.847. The van der Waals surface area contributed by atoms with E-state index >= 15 is 0 Å². The molecule has 2 aliphatic carbocycles. The minimum Gasteiger partial charge on any atom is -0.481 e. The summed E-state index contributed by atoms with van der Waals surface area (Å²) in [4.78, 5) is 8.83. The van der Waals surface area contributed by atoms with Crippen LogP contribution in [-0.2, 0) is 6.42 Å². The first-order valence-electron chi connectivity index (χ1n) is 6.85. The van der Waals surface area contributed by atoms with E-state index in [0.717, 1.165) is 30.5 Å². The number of rotatable bonds is 3. The van der Waals surface area contributed by atoms with Crippen molar-refractivity contribution >= 4 is 0 Å². The molecule has 0 spiro atoms. The molecule has 20 heavy (non-hydrogen) atoms. The lowest BCUT2D eigenvalue weighted by molar-refractivity contribution is 0.348. The van der Waals surface area contributed by atoms with Gasteiger partial charge in [-0.15, -0.1) is 0 Å². The van der Waals surface area contributed by atoms with Gasteiger partial charge < -0.3 is 9.47 Å². The summed E-state index contributed by atoms with van der Waals surface area (Å²) in [5.41, 5.74) is 3.45. The standard InChI is InChI=1S/C16H18N2O2/c1-19-15-13-10-9-12(11-7-5-3-4-6-8-11)14(13)17-16(18-15)20-2/h3,5-8,12H,4,9-10H2,1-2H3. The van der Waals surface area contributed by atoms with Gasteiger partial charge in [-0.05, 0) is 24.8 Å². The highest BCUT2D eigenvalue weighted by molar-refractivity contribution is 5.46. The minimum atomic E-state index is 0.301. The van der Waals surface area contributed by atoms with Crippen LogP contribution in [0, 0.1) is 0 Å². The van der Waals surface area contributed by atoms with Crippen molar-refractivity contribution < 1.29 is 9.47 Å². The van der Waals surface area contributed by atoms with Crippen molar-refractivity contribution in [3.8, 4) is 11.9 Å². The molecule has 4 nitrogen and oxygen atoms in total. The fourth-order valence-electron chi connectivity index (χ4n) is 2.82. The smallest absolute Gasteiger partial charge is 0.319 e. The lowest BCUT2D eigenvalue weighted by atomic mass is 9.96. The SMILES string of the molecule is COc1nc(OC)c2c(n1)C(C1=CC=CCC=C1)CC2. The summed E-state index contributed by atoms with van der Waals surface area (Å²) >= 11 is 0. The summed E-state index contributed by atoms with van der Waals surface area (Å²) in [6.45, 7) is 0. The maximum absolute atomic E-state index is 5.38. The Morgan fingerprint density at radius 3 is 2.85 bits per heavy atom. The molecule has 1 unspecified atom stereocenters. The molecule has 3 rings (SSSR count). The predicted octanol–water partition coefficient (Wildman–Crippen LogP) is 2.97. The number of hydrogen-bond acceptors (Lipinski definition) is 4. The Kier molecular flexibility index (Phi) is 3.54. The van der Waals surface area contributed by atoms with Crippen LogP contribution in [0.3, 0.4) is 0 Å². The Bertz CT molecular complexity index is 603. The number of ether oxygens (including phenoxy) is 2. The largest absolute Gasteiger partial charge is 0.481 e. The van der Waals surface area contributed by atoms with Crippen molar-refractivity contribution in [2.75, 3.05) is 14.2 Å². The first kappa shape index (κ1) is 12.9. The number of nitrogens with zero attached hydrogens (tertiary/aromatic N) is 2. The van der Waals surface area contributed by atoms with Crippen molar-refractivity contribution in [3.05, 3.63) is 47.2 Å². The van der Waals surface area contributed by atoms with E-state index in [9.17, 15) is 0 Å². The topological polar surface area (TPSA) is 44.2 Å². The molecule has 2 aliphatic rings. The van der Waals surface area contributed by atoms with Crippen LogP contribution >= 0.6 is 0 Å². The molecule has 1 atom stereocenters. The third-order valence-electron chi connectivity index (χ3n) is 3.78. The summed E-state index contributed by atoms with van der Waals surface area (Å²) in [5.74, 6) is 0.942. The average Bonchev–Trinajstić information content (AvgIpc) is 2.72. The van der Waals surface area contributed by atoms with Crippen molar-refractivity contribution in [1.29, 1.82) is 0 Å². The van der Waals surface area contributed by atoms with E-state index in [1.54, 1.807) is 14.2 Å². The van der Waals surface area contributed by atoms with Gasteiger partial charge in [0.15, 0.2) is 0 Å². The summed E-state index contributed by atoms with van der Waals surface area (Å²) in [6, 6.07) is 0.376. The zero-order valence-electron chi connectivity index (χ0n) is 11.8. The molecule has 0 saturated heterocycles. The van der Waals surface area contributed by atoms with Gasteiger partial charge in [-0.2, -0.15) is 9.97 Å². The molecule has 1 aromatic rings. The number of fused-ring (bicyclic) bond motifs is 1. The monoisotopic (exact) mass is 270 g/mol. The maximum atomic E-state index is 5.38. The van der Waals surface area contributed by atoms with Gasteiger partial charge in [-0.25, -0.2) is 0 Å². The Labute approximate surface area is 118 Å². The predicted molar refractivity (Wildman–Crippen MR) is 77.2 cm³/mol. The van der Waals surface area contributed by atoms with E-state index in [4.69, 9.17) is 9.47 Å². The summed E-state index contributed by atoms with van der Waals surface area (Å²) in [6.07, 6.45) is 13.8. The molecule has 0 radical (unpaired) electrons. The molecule has 104 valence electrons. The highest BCUT2D eigenvalue weighted by Gasteiger charge is 2.30. The second-order valence-corrected chi connectivity index (χ2v) is 4.91. The minimum absolute atomic E-state index is 0.301. The molecule has 4 heteroatoms. The van der Waals surface area contributed by atoms with E-state index in [0.29, 0.717) is 17.8 Å². The Morgan fingerprint density at radius 2 is 2.05 bits per heavy atom. The van der Waals surface area contributed by atoms with Crippen LogP contribution in [0.15, 0.2) is 36.0 Å². The summed E-state index contributed by atoms with van der Waals surface area (Å²) in [5, 5.41) is 0. The lowest BCUT2D eigenvalue weighted by Gasteiger charge is -2.13. The van der Waals surface area contributed by atoms with Gasteiger partial charge in [0, 0.05) is 11.5 Å². The molecule has 1 aromatic heterocycles. The van der Waals surface area contributed by atoms with Crippen molar-refractivity contribution in [2.24, 2.45) is 0 Å². The molecule has 0 bridgehead atoms. The first-order chi connectivity index (χ1) is 9.83. The molecular weight excluding hydrogens is 252 g/mol. The Morgan fingerprint density at radius 1 is 1.15 bits per heavy atom. The van der Waals surface area contributed by atoms with E-state index in [1.165, 1.54) is 5.57 Å². The van der Waals surface area contributed by atoms with Gasteiger partial charge in [0.05, 0.1) is 19.9 Å². The van der Waals surface area contributed by atoms with Crippen LogP contribution in [0.2, 0.25) is 0 Å². The van der Waals surface area contributed by atoms with Crippen LogP contribution < -0.4 is 9.47 Å². The van der Waals surface area contributed by atoms with Crippen LogP contribution in [0.1, 0.15) is 30.0 Å². The van der Waals surface area contributed by atoms with Gasteiger partial charge >= 0.3 is 6.01 Å². The third kappa shape index (κ3) is 2.22. The normalized spacial score (nSPS) is 20.3. The van der Waals surface area contributed by atoms with Gasteiger partial charge in [0.1, 0.15) is 0 Å². The van der Waals surface area contributed by atoms with Crippen molar-refractivity contribution in [1.82, 2.24) is 9.97 Å². The molecule has 1 heterocycles. The second kappa shape index (κ2) is 5.49. The number of methoxy groups -OCH3 is 2. The van der Waals surface area contributed by atoms with E-state index in [1.807, 2.05) is 0 Å². The lowest BCUT2D eigenvalue weighted by Crippen LogP contribution is -2.04. The number of aromatic nitrogens is 2. The van der Waals surface area contributed by atoms with Gasteiger partial charge in [-0.1, -0.05) is 30.4 Å². The Hall–Kier alpha value is -2.10. The molecule has 0 N–H and O–H groups in total. The number of allylic oxidation sites excluding steroid dienone is 6. The van der Waals surface area contributed by atoms with Gasteiger partial charge in [-0.3, -0.25) is 0 Å². The van der Waals surface area contributed by atoms with Gasteiger partial charge in [0.2, 0.25) is 5.88 Å². The van der Waals surface area contributed by atoms with Crippen LogP contribution in [0.5, 0.6) is 11.9 Å². The zero-order chi connectivity index (χ0) is 13.9. The van der Waals surface area contributed by atoms with E-state index < -0.39 is 0 Å². The van der Waals surface area contributed by atoms with Gasteiger partial charge in [0.25, 0.3) is 0 Å². The van der Waals surface area contributed by atoms with Crippen LogP contribution in [0.25, 0.3) is 0 Å². The maximum Gasteiger partial charge on any atom is 0.319 e. The zero-order valence-corrected chi connectivity index (χ0v) is 11.8. The Balaban J connectivity index is 2.04. The molecule has 0 aromatic carbocycles. The molecule has 0 fully saturated rings. The van der Waals surface area contributed by atoms with E-state index in [-0.39, 0.29) is 0 Å². The van der Waals surface area contributed by atoms with Crippen LogP contribution in [0.4, 0.5) is 0 Å². The van der Waals surface area contributed by atoms with Crippen LogP contribution in [-0.4, -0.2) is 24.2 Å². The fourth-order valence-corrected chi connectivity index (χ4v) is 2.82.